The minimum absolute atomic E-state index is 0.256. The van der Waals surface area contributed by atoms with Crippen molar-refractivity contribution in [2.75, 3.05) is 13.2 Å². The largest absolute Gasteiger partial charge is 0.573 e. The fraction of sp³-hybridized carbons (Fsp3) is 0.455. The van der Waals surface area contributed by atoms with Gasteiger partial charge in [-0.25, -0.2) is 0 Å². The molecule has 1 aromatic carbocycles. The van der Waals surface area contributed by atoms with Crippen molar-refractivity contribution in [3.63, 3.8) is 0 Å². The van der Waals surface area contributed by atoms with Crippen LogP contribution in [0.3, 0.4) is 0 Å². The second-order valence-corrected chi connectivity index (χ2v) is 3.39. The number of benzene rings is 1. The van der Waals surface area contributed by atoms with E-state index in [-0.39, 0.29) is 12.4 Å². The average Bonchev–Trinajstić information content (AvgIpc) is 2.24. The van der Waals surface area contributed by atoms with Gasteiger partial charge in [0.05, 0.1) is 12.6 Å². The van der Waals surface area contributed by atoms with Gasteiger partial charge in [0.15, 0.2) is 0 Å². The van der Waals surface area contributed by atoms with Crippen molar-refractivity contribution in [2.45, 2.75) is 19.3 Å². The standard InChI is InChI=1S/C11H14F3NO2/c1-2-16-7-10(15)8-4-3-5-9(6-8)17-11(12,13)14/h3-6,10H,2,7,15H2,1H3/t10-/m0/s1. The minimum Gasteiger partial charge on any atom is -0.406 e. The lowest BCUT2D eigenvalue weighted by molar-refractivity contribution is -0.274. The molecule has 6 heteroatoms. The van der Waals surface area contributed by atoms with E-state index in [1.165, 1.54) is 18.2 Å². The lowest BCUT2D eigenvalue weighted by atomic mass is 10.1. The Balaban J connectivity index is 2.71. The molecule has 1 atom stereocenters. The summed E-state index contributed by atoms with van der Waals surface area (Å²) in [7, 11) is 0. The van der Waals surface area contributed by atoms with Gasteiger partial charge in [0.25, 0.3) is 0 Å². The molecule has 0 fully saturated rings. The maximum absolute atomic E-state index is 12.0. The van der Waals surface area contributed by atoms with E-state index >= 15 is 0 Å². The van der Waals surface area contributed by atoms with E-state index in [2.05, 4.69) is 4.74 Å². The summed E-state index contributed by atoms with van der Waals surface area (Å²) in [4.78, 5) is 0. The molecule has 0 radical (unpaired) electrons. The van der Waals surface area contributed by atoms with Gasteiger partial charge in [0.1, 0.15) is 5.75 Å². The smallest absolute Gasteiger partial charge is 0.406 e. The van der Waals surface area contributed by atoms with Crippen LogP contribution in [-0.4, -0.2) is 19.6 Å². The Morgan fingerprint density at radius 1 is 1.35 bits per heavy atom. The van der Waals surface area contributed by atoms with Crippen molar-refractivity contribution < 1.29 is 22.6 Å². The van der Waals surface area contributed by atoms with Crippen LogP contribution in [0.25, 0.3) is 0 Å². The number of alkyl halides is 3. The molecule has 0 bridgehead atoms. The molecule has 0 aliphatic rings. The first-order valence-corrected chi connectivity index (χ1v) is 5.11. The van der Waals surface area contributed by atoms with Crippen LogP contribution in [0.15, 0.2) is 24.3 Å². The third kappa shape index (κ3) is 5.06. The summed E-state index contributed by atoms with van der Waals surface area (Å²) in [5.74, 6) is -0.276. The number of rotatable bonds is 5. The molecule has 3 nitrogen and oxygen atoms in total. The molecule has 0 unspecified atom stereocenters. The zero-order chi connectivity index (χ0) is 12.9. The van der Waals surface area contributed by atoms with E-state index in [0.717, 1.165) is 0 Å². The van der Waals surface area contributed by atoms with Crippen molar-refractivity contribution in [3.8, 4) is 5.75 Å². The maximum atomic E-state index is 12.0. The number of halogens is 3. The number of hydrogen-bond donors (Lipinski definition) is 1. The fourth-order valence-corrected chi connectivity index (χ4v) is 1.28. The summed E-state index contributed by atoms with van der Waals surface area (Å²) in [5, 5.41) is 0. The Hall–Kier alpha value is -1.27. The molecule has 0 saturated heterocycles. The summed E-state index contributed by atoms with van der Waals surface area (Å²) in [5.41, 5.74) is 6.29. The molecule has 0 saturated carbocycles. The highest BCUT2D eigenvalue weighted by Crippen LogP contribution is 2.24. The van der Waals surface area contributed by atoms with Crippen molar-refractivity contribution in [3.05, 3.63) is 29.8 Å². The normalized spacial score (nSPS) is 13.5. The zero-order valence-corrected chi connectivity index (χ0v) is 9.33. The first kappa shape index (κ1) is 13.8. The Labute approximate surface area is 97.3 Å². The lowest BCUT2D eigenvalue weighted by Gasteiger charge is -2.14. The van der Waals surface area contributed by atoms with E-state index in [1.807, 2.05) is 6.92 Å². The molecule has 0 aliphatic carbocycles. The molecule has 0 heterocycles. The van der Waals surface area contributed by atoms with Gasteiger partial charge in [-0.1, -0.05) is 12.1 Å². The molecule has 2 N–H and O–H groups in total. The van der Waals surface area contributed by atoms with E-state index in [4.69, 9.17) is 10.5 Å². The van der Waals surface area contributed by atoms with Gasteiger partial charge in [-0.15, -0.1) is 13.2 Å². The second kappa shape index (κ2) is 5.88. The van der Waals surface area contributed by atoms with Crippen molar-refractivity contribution in [1.82, 2.24) is 0 Å². The maximum Gasteiger partial charge on any atom is 0.573 e. The van der Waals surface area contributed by atoms with Crippen LogP contribution in [0, 0.1) is 0 Å². The quantitative estimate of drug-likeness (QED) is 0.872. The van der Waals surface area contributed by atoms with Crippen LogP contribution in [0.4, 0.5) is 13.2 Å². The van der Waals surface area contributed by atoms with Crippen LogP contribution in [0.5, 0.6) is 5.75 Å². The van der Waals surface area contributed by atoms with Crippen molar-refractivity contribution in [2.24, 2.45) is 5.73 Å². The molecule has 0 amide bonds. The molecule has 1 aromatic rings. The van der Waals surface area contributed by atoms with Gasteiger partial charge in [-0.2, -0.15) is 0 Å². The number of nitrogens with two attached hydrogens (primary N) is 1. The molecule has 96 valence electrons. The van der Waals surface area contributed by atoms with Crippen LogP contribution < -0.4 is 10.5 Å². The fourth-order valence-electron chi connectivity index (χ4n) is 1.28. The van der Waals surface area contributed by atoms with Crippen LogP contribution in [-0.2, 0) is 4.74 Å². The highest BCUT2D eigenvalue weighted by Gasteiger charge is 2.31. The van der Waals surface area contributed by atoms with E-state index < -0.39 is 12.4 Å². The summed E-state index contributed by atoms with van der Waals surface area (Å²) < 4.78 is 44.9. The first-order chi connectivity index (χ1) is 7.92. The van der Waals surface area contributed by atoms with E-state index in [1.54, 1.807) is 6.07 Å². The predicted octanol–water partition coefficient (Wildman–Crippen LogP) is 2.62. The second-order valence-electron chi connectivity index (χ2n) is 3.39. The van der Waals surface area contributed by atoms with E-state index in [9.17, 15) is 13.2 Å². The molecule has 1 rings (SSSR count). The molecule has 0 aromatic heterocycles. The number of hydrogen-bond acceptors (Lipinski definition) is 3. The highest BCUT2D eigenvalue weighted by molar-refractivity contribution is 5.30. The van der Waals surface area contributed by atoms with Gasteiger partial charge in [0, 0.05) is 6.61 Å². The van der Waals surface area contributed by atoms with Gasteiger partial charge >= 0.3 is 6.36 Å². The molecular weight excluding hydrogens is 235 g/mol. The molecule has 17 heavy (non-hydrogen) atoms. The molecular formula is C11H14F3NO2. The summed E-state index contributed by atoms with van der Waals surface area (Å²) >= 11 is 0. The third-order valence-electron chi connectivity index (χ3n) is 2.02. The highest BCUT2D eigenvalue weighted by atomic mass is 19.4. The lowest BCUT2D eigenvalue weighted by Crippen LogP contribution is -2.19. The number of ether oxygens (including phenoxy) is 2. The minimum atomic E-state index is -4.69. The van der Waals surface area contributed by atoms with Crippen LogP contribution in [0.2, 0.25) is 0 Å². The van der Waals surface area contributed by atoms with Gasteiger partial charge in [-0.05, 0) is 24.6 Å². The van der Waals surface area contributed by atoms with Crippen molar-refractivity contribution in [1.29, 1.82) is 0 Å². The third-order valence-corrected chi connectivity index (χ3v) is 2.02. The average molecular weight is 249 g/mol. The summed E-state index contributed by atoms with van der Waals surface area (Å²) in [6, 6.07) is 5.11. The zero-order valence-electron chi connectivity index (χ0n) is 9.33. The van der Waals surface area contributed by atoms with Crippen LogP contribution >= 0.6 is 0 Å². The Morgan fingerprint density at radius 3 is 2.65 bits per heavy atom. The Kier molecular flexibility index (Phi) is 4.77. The topological polar surface area (TPSA) is 44.5 Å². The first-order valence-electron chi connectivity index (χ1n) is 5.11. The van der Waals surface area contributed by atoms with Crippen LogP contribution in [0.1, 0.15) is 18.5 Å². The molecule has 0 spiro atoms. The SMILES string of the molecule is CCOC[C@H](N)c1cccc(OC(F)(F)F)c1. The summed E-state index contributed by atoms with van der Waals surface area (Å²) in [6.07, 6.45) is -4.69. The van der Waals surface area contributed by atoms with Gasteiger partial charge in [-0.3, -0.25) is 0 Å². The van der Waals surface area contributed by atoms with Gasteiger partial charge in [0.2, 0.25) is 0 Å². The Morgan fingerprint density at radius 2 is 2.06 bits per heavy atom. The van der Waals surface area contributed by atoms with Crippen molar-refractivity contribution >= 4 is 0 Å². The monoisotopic (exact) mass is 249 g/mol. The molecule has 0 aliphatic heterocycles. The summed E-state index contributed by atoms with van der Waals surface area (Å²) in [6.45, 7) is 2.58. The van der Waals surface area contributed by atoms with Gasteiger partial charge < -0.3 is 15.2 Å². The Bertz CT molecular complexity index is 355. The van der Waals surface area contributed by atoms with E-state index in [0.29, 0.717) is 12.2 Å². The predicted molar refractivity (Wildman–Crippen MR) is 56.5 cm³/mol.